The summed E-state index contributed by atoms with van der Waals surface area (Å²) >= 11 is 17.7. The number of halogens is 3. The Labute approximate surface area is 124 Å². The zero-order valence-corrected chi connectivity index (χ0v) is 12.0. The monoisotopic (exact) mass is 318 g/mol. The van der Waals surface area contributed by atoms with Gasteiger partial charge in [0.15, 0.2) is 0 Å². The van der Waals surface area contributed by atoms with Gasteiger partial charge in [-0.1, -0.05) is 34.8 Å². The second-order valence-corrected chi connectivity index (χ2v) is 4.72. The molecule has 19 heavy (non-hydrogen) atoms. The van der Waals surface area contributed by atoms with E-state index in [4.69, 9.17) is 45.3 Å². The lowest BCUT2D eigenvalue weighted by Crippen LogP contribution is -2.01. The first-order chi connectivity index (χ1) is 8.99. The van der Waals surface area contributed by atoms with Crippen LogP contribution in [0, 0.1) is 0 Å². The number of benzene rings is 1. The Morgan fingerprint density at radius 1 is 1.05 bits per heavy atom. The van der Waals surface area contributed by atoms with E-state index >= 15 is 0 Å². The predicted octanol–water partition coefficient (Wildman–Crippen LogP) is 3.85. The number of rotatable bonds is 3. The van der Waals surface area contributed by atoms with Gasteiger partial charge in [-0.25, -0.2) is 0 Å². The molecule has 0 unspecified atom stereocenters. The highest BCUT2D eigenvalue weighted by Gasteiger charge is 2.10. The Morgan fingerprint density at radius 3 is 2.42 bits per heavy atom. The van der Waals surface area contributed by atoms with E-state index in [1.165, 1.54) is 12.1 Å². The Hall–Kier alpha value is -1.43. The van der Waals surface area contributed by atoms with Crippen LogP contribution in [0.1, 0.15) is 0 Å². The zero-order valence-electron chi connectivity index (χ0n) is 9.75. The molecule has 3 N–H and O–H groups in total. The van der Waals surface area contributed by atoms with Gasteiger partial charge in [-0.05, 0) is 6.07 Å². The number of nitrogens with one attached hydrogen (secondary N) is 1. The van der Waals surface area contributed by atoms with Gasteiger partial charge in [0.1, 0.15) is 11.6 Å². The third-order valence-corrected chi connectivity index (χ3v) is 3.18. The van der Waals surface area contributed by atoms with E-state index < -0.39 is 0 Å². The second-order valence-electron chi connectivity index (χ2n) is 3.50. The number of ether oxygens (including phenoxy) is 1. The van der Waals surface area contributed by atoms with Crippen LogP contribution in [0.15, 0.2) is 18.2 Å². The lowest BCUT2D eigenvalue weighted by Gasteiger charge is -2.09. The van der Waals surface area contributed by atoms with Crippen molar-refractivity contribution in [2.75, 3.05) is 18.1 Å². The molecule has 5 nitrogen and oxygen atoms in total. The average molecular weight is 320 g/mol. The lowest BCUT2D eigenvalue weighted by atomic mass is 10.3. The first-order valence-corrected chi connectivity index (χ1v) is 6.27. The van der Waals surface area contributed by atoms with Gasteiger partial charge in [0, 0.05) is 19.2 Å². The summed E-state index contributed by atoms with van der Waals surface area (Å²) in [6, 6.07) is 4.57. The molecular formula is C11H9Cl3N4O. The van der Waals surface area contributed by atoms with Crippen LogP contribution >= 0.6 is 34.8 Å². The van der Waals surface area contributed by atoms with Crippen LogP contribution in [0.5, 0.6) is 11.6 Å². The molecular weight excluding hydrogens is 311 g/mol. The topological polar surface area (TPSA) is 73.1 Å². The summed E-state index contributed by atoms with van der Waals surface area (Å²) in [7, 11) is 1.71. The molecule has 0 fully saturated rings. The Balaban J connectivity index is 2.36. The molecule has 0 aliphatic heterocycles. The summed E-state index contributed by atoms with van der Waals surface area (Å²) in [4.78, 5) is 7.88. The van der Waals surface area contributed by atoms with E-state index in [2.05, 4.69) is 15.3 Å². The first-order valence-electron chi connectivity index (χ1n) is 5.14. The number of anilines is 2. The van der Waals surface area contributed by atoms with E-state index in [0.717, 1.165) is 0 Å². The van der Waals surface area contributed by atoms with Crippen molar-refractivity contribution < 1.29 is 4.74 Å². The molecule has 100 valence electrons. The van der Waals surface area contributed by atoms with Crippen LogP contribution in [0.4, 0.5) is 11.8 Å². The molecule has 0 spiro atoms. The minimum Gasteiger partial charge on any atom is -0.437 e. The van der Waals surface area contributed by atoms with Crippen LogP contribution in [0.2, 0.25) is 15.1 Å². The number of nitrogen functional groups attached to an aromatic ring is 1. The molecule has 8 heteroatoms. The normalized spacial score (nSPS) is 10.3. The molecule has 0 amide bonds. The largest absolute Gasteiger partial charge is 0.437 e. The molecule has 1 aromatic heterocycles. The maximum Gasteiger partial charge on any atom is 0.226 e. The SMILES string of the molecule is CNc1cc(Oc2cc(Cl)c(Cl)cc2Cl)nc(N)n1. The van der Waals surface area contributed by atoms with E-state index in [-0.39, 0.29) is 11.8 Å². The Bertz CT molecular complexity index is 621. The number of nitrogens with two attached hydrogens (primary N) is 1. The molecule has 0 aliphatic carbocycles. The molecule has 1 aromatic carbocycles. The van der Waals surface area contributed by atoms with Crippen LogP contribution in [-0.4, -0.2) is 17.0 Å². The fourth-order valence-corrected chi connectivity index (χ4v) is 1.89. The highest BCUT2D eigenvalue weighted by atomic mass is 35.5. The predicted molar refractivity (Wildman–Crippen MR) is 77.5 cm³/mol. The summed E-state index contributed by atoms with van der Waals surface area (Å²) < 4.78 is 5.52. The fourth-order valence-electron chi connectivity index (χ4n) is 1.32. The minimum atomic E-state index is 0.0815. The third-order valence-electron chi connectivity index (χ3n) is 2.17. The smallest absolute Gasteiger partial charge is 0.226 e. The summed E-state index contributed by atoms with van der Waals surface area (Å²) in [5.41, 5.74) is 5.56. The third kappa shape index (κ3) is 3.32. The van der Waals surface area contributed by atoms with Crippen LogP contribution in [-0.2, 0) is 0 Å². The number of nitrogens with zero attached hydrogens (tertiary/aromatic N) is 2. The van der Waals surface area contributed by atoms with Crippen molar-refractivity contribution in [2.24, 2.45) is 0 Å². The van der Waals surface area contributed by atoms with Crippen LogP contribution in [0.3, 0.4) is 0 Å². The second kappa shape index (κ2) is 5.69. The molecule has 0 bridgehead atoms. The molecule has 0 saturated heterocycles. The van der Waals surface area contributed by atoms with Crippen molar-refractivity contribution in [1.82, 2.24) is 9.97 Å². The van der Waals surface area contributed by atoms with Crippen molar-refractivity contribution in [1.29, 1.82) is 0 Å². The lowest BCUT2D eigenvalue weighted by molar-refractivity contribution is 0.463. The number of aromatic nitrogens is 2. The standard InChI is InChI=1S/C11H9Cl3N4O/c1-16-9-4-10(18-11(15)17-9)19-8-3-6(13)5(12)2-7(8)14/h2-4H,1H3,(H3,15,16,17,18). The van der Waals surface area contributed by atoms with Gasteiger partial charge in [-0.2, -0.15) is 9.97 Å². The van der Waals surface area contributed by atoms with Gasteiger partial charge < -0.3 is 15.8 Å². The maximum atomic E-state index is 6.01. The van der Waals surface area contributed by atoms with Gasteiger partial charge in [0.2, 0.25) is 11.8 Å². The van der Waals surface area contributed by atoms with Crippen LogP contribution in [0.25, 0.3) is 0 Å². The molecule has 2 rings (SSSR count). The molecule has 0 aliphatic rings. The summed E-state index contributed by atoms with van der Waals surface area (Å²) in [6.07, 6.45) is 0. The van der Waals surface area contributed by atoms with E-state index in [1.54, 1.807) is 13.1 Å². The van der Waals surface area contributed by atoms with E-state index in [9.17, 15) is 0 Å². The van der Waals surface area contributed by atoms with Gasteiger partial charge in [0.25, 0.3) is 0 Å². The molecule has 1 heterocycles. The van der Waals surface area contributed by atoms with Gasteiger partial charge >= 0.3 is 0 Å². The highest BCUT2D eigenvalue weighted by molar-refractivity contribution is 6.43. The number of hydrogen-bond donors (Lipinski definition) is 2. The van der Waals surface area contributed by atoms with E-state index in [1.807, 2.05) is 0 Å². The fraction of sp³-hybridized carbons (Fsp3) is 0.0909. The van der Waals surface area contributed by atoms with Crippen molar-refractivity contribution in [3.63, 3.8) is 0 Å². The van der Waals surface area contributed by atoms with Crippen molar-refractivity contribution in [2.45, 2.75) is 0 Å². The Kier molecular flexibility index (Phi) is 4.19. The van der Waals surface area contributed by atoms with Crippen molar-refractivity contribution in [3.8, 4) is 11.6 Å². The number of hydrogen-bond acceptors (Lipinski definition) is 5. The summed E-state index contributed by atoms with van der Waals surface area (Å²) in [5.74, 6) is 1.19. The zero-order chi connectivity index (χ0) is 14.0. The molecule has 2 aromatic rings. The Morgan fingerprint density at radius 2 is 1.74 bits per heavy atom. The maximum absolute atomic E-state index is 6.01. The summed E-state index contributed by atoms with van der Waals surface area (Å²) in [5, 5.41) is 3.83. The molecule has 0 saturated carbocycles. The van der Waals surface area contributed by atoms with E-state index in [0.29, 0.717) is 26.6 Å². The average Bonchev–Trinajstić information content (AvgIpc) is 2.35. The van der Waals surface area contributed by atoms with Crippen molar-refractivity contribution in [3.05, 3.63) is 33.3 Å². The van der Waals surface area contributed by atoms with Gasteiger partial charge in [-0.3, -0.25) is 0 Å². The highest BCUT2D eigenvalue weighted by Crippen LogP contribution is 2.36. The molecule has 0 atom stereocenters. The van der Waals surface area contributed by atoms with Gasteiger partial charge in [0.05, 0.1) is 15.1 Å². The van der Waals surface area contributed by atoms with Gasteiger partial charge in [-0.15, -0.1) is 0 Å². The van der Waals surface area contributed by atoms with Crippen LogP contribution < -0.4 is 15.8 Å². The first kappa shape index (κ1) is 14.0. The molecule has 0 radical (unpaired) electrons. The summed E-state index contributed by atoms with van der Waals surface area (Å²) in [6.45, 7) is 0. The van der Waals surface area contributed by atoms with Crippen molar-refractivity contribution >= 4 is 46.6 Å². The minimum absolute atomic E-state index is 0.0815. The quantitative estimate of drug-likeness (QED) is 0.841.